The lowest BCUT2D eigenvalue weighted by Crippen LogP contribution is -2.04. The van der Waals surface area contributed by atoms with E-state index in [1.807, 2.05) is 24.3 Å². The molecule has 1 N–H and O–H groups in total. The SMILES string of the molecule is CCCNc1nccc(-c2cc(OC)ccc2OC)n1. The number of hydrogen-bond donors (Lipinski definition) is 1. The Kier molecular flexibility index (Phi) is 4.76. The highest BCUT2D eigenvalue weighted by molar-refractivity contribution is 5.69. The normalized spacial score (nSPS) is 10.2. The second-order valence-corrected chi connectivity index (χ2v) is 4.26. The van der Waals surface area contributed by atoms with Crippen molar-refractivity contribution in [1.82, 2.24) is 9.97 Å². The maximum absolute atomic E-state index is 5.38. The number of nitrogens with one attached hydrogen (secondary N) is 1. The van der Waals surface area contributed by atoms with Crippen LogP contribution in [-0.2, 0) is 0 Å². The van der Waals surface area contributed by atoms with Crippen molar-refractivity contribution in [2.75, 3.05) is 26.1 Å². The quantitative estimate of drug-likeness (QED) is 0.876. The standard InChI is InChI=1S/C15H19N3O2/c1-4-8-16-15-17-9-7-13(18-15)12-10-11(19-2)5-6-14(12)20-3/h5-7,9-10H,4,8H2,1-3H3,(H,16,17,18). The van der Waals surface area contributed by atoms with Gasteiger partial charge in [0.25, 0.3) is 0 Å². The molecule has 5 nitrogen and oxygen atoms in total. The highest BCUT2D eigenvalue weighted by Crippen LogP contribution is 2.32. The summed E-state index contributed by atoms with van der Waals surface area (Å²) < 4.78 is 10.6. The minimum Gasteiger partial charge on any atom is -0.497 e. The fraction of sp³-hybridized carbons (Fsp3) is 0.333. The number of benzene rings is 1. The van der Waals surface area contributed by atoms with Gasteiger partial charge in [0.1, 0.15) is 11.5 Å². The molecule has 1 heterocycles. The van der Waals surface area contributed by atoms with Crippen LogP contribution in [0, 0.1) is 0 Å². The Morgan fingerprint density at radius 2 is 2.00 bits per heavy atom. The molecular formula is C15H19N3O2. The summed E-state index contributed by atoms with van der Waals surface area (Å²) in [6, 6.07) is 7.49. The summed E-state index contributed by atoms with van der Waals surface area (Å²) in [5.41, 5.74) is 1.68. The van der Waals surface area contributed by atoms with Crippen LogP contribution in [0.25, 0.3) is 11.3 Å². The largest absolute Gasteiger partial charge is 0.497 e. The molecule has 20 heavy (non-hydrogen) atoms. The zero-order valence-electron chi connectivity index (χ0n) is 12.0. The minimum absolute atomic E-state index is 0.620. The van der Waals surface area contributed by atoms with Gasteiger partial charge in [0.2, 0.25) is 5.95 Å². The molecule has 0 unspecified atom stereocenters. The van der Waals surface area contributed by atoms with Crippen molar-refractivity contribution in [3.8, 4) is 22.8 Å². The Morgan fingerprint density at radius 1 is 1.15 bits per heavy atom. The predicted octanol–water partition coefficient (Wildman–Crippen LogP) is 2.98. The van der Waals surface area contributed by atoms with E-state index in [9.17, 15) is 0 Å². The first-order chi connectivity index (χ1) is 9.78. The summed E-state index contributed by atoms with van der Waals surface area (Å²) >= 11 is 0. The molecule has 0 saturated heterocycles. The van der Waals surface area contributed by atoms with Crippen molar-refractivity contribution in [2.45, 2.75) is 13.3 Å². The van der Waals surface area contributed by atoms with E-state index in [1.54, 1.807) is 20.4 Å². The number of aromatic nitrogens is 2. The van der Waals surface area contributed by atoms with E-state index < -0.39 is 0 Å². The van der Waals surface area contributed by atoms with Crippen LogP contribution in [0.2, 0.25) is 0 Å². The van der Waals surface area contributed by atoms with Gasteiger partial charge in [0, 0.05) is 18.3 Å². The van der Waals surface area contributed by atoms with Gasteiger partial charge >= 0.3 is 0 Å². The van der Waals surface area contributed by atoms with Crippen LogP contribution in [0.4, 0.5) is 5.95 Å². The lowest BCUT2D eigenvalue weighted by Gasteiger charge is -2.11. The fourth-order valence-electron chi connectivity index (χ4n) is 1.84. The first-order valence-corrected chi connectivity index (χ1v) is 6.57. The molecule has 0 aliphatic rings. The molecule has 0 atom stereocenters. The molecule has 0 fully saturated rings. The van der Waals surface area contributed by atoms with Gasteiger partial charge in [-0.3, -0.25) is 0 Å². The van der Waals surface area contributed by atoms with Crippen LogP contribution in [0.3, 0.4) is 0 Å². The summed E-state index contributed by atoms with van der Waals surface area (Å²) in [6.45, 7) is 2.95. The third-order valence-corrected chi connectivity index (χ3v) is 2.87. The molecular weight excluding hydrogens is 254 g/mol. The Balaban J connectivity index is 2.39. The Labute approximate surface area is 119 Å². The van der Waals surface area contributed by atoms with Crippen LogP contribution >= 0.6 is 0 Å². The van der Waals surface area contributed by atoms with Gasteiger partial charge < -0.3 is 14.8 Å². The van der Waals surface area contributed by atoms with Crippen molar-refractivity contribution < 1.29 is 9.47 Å². The van der Waals surface area contributed by atoms with E-state index in [0.717, 1.165) is 35.7 Å². The summed E-state index contributed by atoms with van der Waals surface area (Å²) in [5, 5.41) is 3.18. The Hall–Kier alpha value is -2.30. The highest BCUT2D eigenvalue weighted by atomic mass is 16.5. The number of rotatable bonds is 6. The molecule has 0 bridgehead atoms. The zero-order chi connectivity index (χ0) is 14.4. The lowest BCUT2D eigenvalue weighted by atomic mass is 10.1. The predicted molar refractivity (Wildman–Crippen MR) is 79.4 cm³/mol. The van der Waals surface area contributed by atoms with Crippen molar-refractivity contribution in [1.29, 1.82) is 0 Å². The van der Waals surface area contributed by atoms with Gasteiger partial charge in [-0.1, -0.05) is 6.92 Å². The first kappa shape index (κ1) is 14.1. The van der Waals surface area contributed by atoms with Crippen LogP contribution < -0.4 is 14.8 Å². The van der Waals surface area contributed by atoms with E-state index in [1.165, 1.54) is 0 Å². The number of hydrogen-bond acceptors (Lipinski definition) is 5. The van der Waals surface area contributed by atoms with E-state index in [2.05, 4.69) is 22.2 Å². The Bertz CT molecular complexity index is 573. The second-order valence-electron chi connectivity index (χ2n) is 4.26. The van der Waals surface area contributed by atoms with Crippen LogP contribution in [0.5, 0.6) is 11.5 Å². The summed E-state index contributed by atoms with van der Waals surface area (Å²) in [4.78, 5) is 8.71. The smallest absolute Gasteiger partial charge is 0.223 e. The van der Waals surface area contributed by atoms with E-state index in [4.69, 9.17) is 9.47 Å². The van der Waals surface area contributed by atoms with Crippen LogP contribution in [0.15, 0.2) is 30.5 Å². The van der Waals surface area contributed by atoms with Crippen molar-refractivity contribution in [2.24, 2.45) is 0 Å². The van der Waals surface area contributed by atoms with E-state index in [-0.39, 0.29) is 0 Å². The number of ether oxygens (including phenoxy) is 2. The second kappa shape index (κ2) is 6.75. The third kappa shape index (κ3) is 3.17. The maximum Gasteiger partial charge on any atom is 0.223 e. The van der Waals surface area contributed by atoms with Gasteiger partial charge in [0.15, 0.2) is 0 Å². The fourth-order valence-corrected chi connectivity index (χ4v) is 1.84. The number of anilines is 1. The number of nitrogens with zero attached hydrogens (tertiary/aromatic N) is 2. The lowest BCUT2D eigenvalue weighted by molar-refractivity contribution is 0.404. The molecule has 2 aromatic rings. The van der Waals surface area contributed by atoms with Gasteiger partial charge in [-0.05, 0) is 30.7 Å². The summed E-state index contributed by atoms with van der Waals surface area (Å²) in [6.07, 6.45) is 2.76. The topological polar surface area (TPSA) is 56.3 Å². The van der Waals surface area contributed by atoms with Gasteiger partial charge in [-0.15, -0.1) is 0 Å². The molecule has 1 aromatic carbocycles. The van der Waals surface area contributed by atoms with Crippen LogP contribution in [0.1, 0.15) is 13.3 Å². The van der Waals surface area contributed by atoms with Crippen molar-refractivity contribution in [3.63, 3.8) is 0 Å². The highest BCUT2D eigenvalue weighted by Gasteiger charge is 2.10. The molecule has 2 rings (SSSR count). The van der Waals surface area contributed by atoms with Gasteiger partial charge in [-0.25, -0.2) is 9.97 Å². The number of methoxy groups -OCH3 is 2. The molecule has 5 heteroatoms. The molecule has 0 radical (unpaired) electrons. The molecule has 0 amide bonds. The minimum atomic E-state index is 0.620. The molecule has 0 aliphatic heterocycles. The van der Waals surface area contributed by atoms with E-state index >= 15 is 0 Å². The molecule has 1 aromatic heterocycles. The average molecular weight is 273 g/mol. The van der Waals surface area contributed by atoms with Crippen LogP contribution in [-0.4, -0.2) is 30.7 Å². The van der Waals surface area contributed by atoms with Gasteiger partial charge in [0.05, 0.1) is 19.9 Å². The summed E-state index contributed by atoms with van der Waals surface area (Å²) in [5.74, 6) is 2.14. The molecule has 0 saturated carbocycles. The maximum atomic E-state index is 5.38. The van der Waals surface area contributed by atoms with Crippen molar-refractivity contribution >= 4 is 5.95 Å². The molecule has 106 valence electrons. The Morgan fingerprint density at radius 3 is 2.70 bits per heavy atom. The monoisotopic (exact) mass is 273 g/mol. The van der Waals surface area contributed by atoms with Gasteiger partial charge in [-0.2, -0.15) is 0 Å². The molecule has 0 spiro atoms. The van der Waals surface area contributed by atoms with Crippen molar-refractivity contribution in [3.05, 3.63) is 30.5 Å². The third-order valence-electron chi connectivity index (χ3n) is 2.87. The first-order valence-electron chi connectivity index (χ1n) is 6.57. The van der Waals surface area contributed by atoms with E-state index in [0.29, 0.717) is 5.95 Å². The average Bonchev–Trinajstić information content (AvgIpc) is 2.52. The zero-order valence-corrected chi connectivity index (χ0v) is 12.0. The summed E-state index contributed by atoms with van der Waals surface area (Å²) in [7, 11) is 3.28. The molecule has 0 aliphatic carbocycles.